The van der Waals surface area contributed by atoms with E-state index in [0.29, 0.717) is 24.9 Å². The summed E-state index contributed by atoms with van der Waals surface area (Å²) in [4.78, 5) is 21.0. The van der Waals surface area contributed by atoms with Gasteiger partial charge in [0.15, 0.2) is 23.1 Å². The summed E-state index contributed by atoms with van der Waals surface area (Å²) in [6.45, 7) is 5.03. The van der Waals surface area contributed by atoms with Crippen LogP contribution in [0.5, 0.6) is 0 Å². The first-order valence-electron chi connectivity index (χ1n) is 11.3. The zero-order valence-electron chi connectivity index (χ0n) is 19.1. The van der Waals surface area contributed by atoms with E-state index in [9.17, 15) is 0 Å². The van der Waals surface area contributed by atoms with Crippen molar-refractivity contribution in [3.8, 4) is 28.7 Å². The van der Waals surface area contributed by atoms with Crippen molar-refractivity contribution < 1.29 is 4.74 Å². The van der Waals surface area contributed by atoms with E-state index in [1.165, 1.54) is 5.56 Å². The van der Waals surface area contributed by atoms with Crippen molar-refractivity contribution in [2.75, 3.05) is 31.2 Å². The van der Waals surface area contributed by atoms with E-state index in [2.05, 4.69) is 46.1 Å². The zero-order chi connectivity index (χ0) is 23.1. The molecule has 1 aliphatic rings. The van der Waals surface area contributed by atoms with Crippen LogP contribution in [0.3, 0.4) is 0 Å². The van der Waals surface area contributed by atoms with E-state index in [1.54, 1.807) is 18.5 Å². The smallest absolute Gasteiger partial charge is 0.195 e. The first kappa shape index (κ1) is 20.5. The molecule has 0 radical (unpaired) electrons. The molecule has 4 aromatic heterocycles. The minimum absolute atomic E-state index is 0.568. The molecule has 5 heterocycles. The fraction of sp³-hybridized carbons (Fsp3) is 0.240. The molecule has 0 N–H and O–H groups in total. The first-order valence-corrected chi connectivity index (χ1v) is 11.3. The molecule has 0 unspecified atom stereocenters. The van der Waals surface area contributed by atoms with Crippen LogP contribution in [-0.4, -0.2) is 60.6 Å². The minimum Gasteiger partial charge on any atom is -0.378 e. The number of ether oxygens (including phenoxy) is 1. The van der Waals surface area contributed by atoms with E-state index in [-0.39, 0.29) is 0 Å². The maximum Gasteiger partial charge on any atom is 0.195 e. The summed E-state index contributed by atoms with van der Waals surface area (Å²) in [7, 11) is 1.95. The summed E-state index contributed by atoms with van der Waals surface area (Å²) in [6.07, 6.45) is 5.40. The third-order valence-corrected chi connectivity index (χ3v) is 6.05. The van der Waals surface area contributed by atoms with Gasteiger partial charge < -0.3 is 14.2 Å². The number of fused-ring (bicyclic) bond motifs is 1. The molecule has 34 heavy (non-hydrogen) atoms. The van der Waals surface area contributed by atoms with Crippen molar-refractivity contribution in [2.45, 2.75) is 6.92 Å². The van der Waals surface area contributed by atoms with Gasteiger partial charge in [0.2, 0.25) is 0 Å². The second kappa shape index (κ2) is 8.35. The SMILES string of the molecule is Cc1cccc(-c2ccn(-c3cc(N4CCOCC4)c4nc(-c5ncccn5)n(C)c4n3)n2)c1. The molecule has 9 heteroatoms. The summed E-state index contributed by atoms with van der Waals surface area (Å²) in [5.41, 5.74) is 5.77. The highest BCUT2D eigenvalue weighted by molar-refractivity contribution is 5.90. The highest BCUT2D eigenvalue weighted by Gasteiger charge is 2.22. The van der Waals surface area contributed by atoms with E-state index >= 15 is 0 Å². The molecule has 6 rings (SSSR count). The topological polar surface area (TPSA) is 86.8 Å². The Morgan fingerprint density at radius 3 is 2.56 bits per heavy atom. The van der Waals surface area contributed by atoms with E-state index in [4.69, 9.17) is 19.8 Å². The molecule has 0 aliphatic carbocycles. The van der Waals surface area contributed by atoms with Crippen LogP contribution >= 0.6 is 0 Å². The van der Waals surface area contributed by atoms with Gasteiger partial charge in [-0.15, -0.1) is 0 Å². The molecule has 1 aliphatic heterocycles. The lowest BCUT2D eigenvalue weighted by molar-refractivity contribution is 0.123. The minimum atomic E-state index is 0.568. The Kier molecular flexibility index (Phi) is 5.03. The molecule has 9 nitrogen and oxygen atoms in total. The number of aryl methyl sites for hydroxylation is 2. The number of imidazole rings is 1. The maximum atomic E-state index is 5.59. The first-order chi connectivity index (χ1) is 16.7. The number of morpholine rings is 1. The molecule has 0 bridgehead atoms. The molecule has 0 amide bonds. The largest absolute Gasteiger partial charge is 0.378 e. The van der Waals surface area contributed by atoms with E-state index < -0.39 is 0 Å². The molecule has 1 fully saturated rings. The van der Waals surface area contributed by atoms with Crippen molar-refractivity contribution in [3.63, 3.8) is 0 Å². The molecule has 1 aromatic carbocycles. The van der Waals surface area contributed by atoms with E-state index in [0.717, 1.165) is 47.0 Å². The highest BCUT2D eigenvalue weighted by Crippen LogP contribution is 2.31. The van der Waals surface area contributed by atoms with Crippen LogP contribution in [0.15, 0.2) is 61.1 Å². The number of anilines is 1. The van der Waals surface area contributed by atoms with Gasteiger partial charge in [-0.05, 0) is 25.1 Å². The summed E-state index contributed by atoms with van der Waals surface area (Å²) in [5.74, 6) is 1.98. The Morgan fingerprint density at radius 2 is 1.76 bits per heavy atom. The molecule has 0 saturated carbocycles. The van der Waals surface area contributed by atoms with Gasteiger partial charge in [0.25, 0.3) is 0 Å². The number of benzene rings is 1. The quantitative estimate of drug-likeness (QED) is 0.413. The van der Waals surface area contributed by atoms with Gasteiger partial charge in [-0.2, -0.15) is 5.10 Å². The second-order valence-electron chi connectivity index (χ2n) is 8.35. The van der Waals surface area contributed by atoms with Crippen molar-refractivity contribution in [3.05, 3.63) is 66.6 Å². The van der Waals surface area contributed by atoms with Gasteiger partial charge in [0, 0.05) is 50.4 Å². The second-order valence-corrected chi connectivity index (χ2v) is 8.35. The third kappa shape index (κ3) is 3.60. The van der Waals surface area contributed by atoms with Crippen LogP contribution in [0.25, 0.3) is 39.9 Å². The Labute approximate surface area is 196 Å². The van der Waals surface area contributed by atoms with Gasteiger partial charge in [-0.3, -0.25) is 0 Å². The fourth-order valence-corrected chi connectivity index (χ4v) is 4.31. The van der Waals surface area contributed by atoms with Gasteiger partial charge in [-0.25, -0.2) is 24.6 Å². The Hall–Kier alpha value is -4.11. The summed E-state index contributed by atoms with van der Waals surface area (Å²) >= 11 is 0. The van der Waals surface area contributed by atoms with Crippen LogP contribution in [0.2, 0.25) is 0 Å². The average Bonchev–Trinajstić information content (AvgIpc) is 3.50. The number of rotatable bonds is 4. The number of aromatic nitrogens is 7. The molecular formula is C25H24N8O. The van der Waals surface area contributed by atoms with Gasteiger partial charge in [0.1, 0.15) is 5.52 Å². The van der Waals surface area contributed by atoms with Crippen LogP contribution in [0.1, 0.15) is 5.56 Å². The van der Waals surface area contributed by atoms with Crippen LogP contribution < -0.4 is 4.90 Å². The van der Waals surface area contributed by atoms with Crippen molar-refractivity contribution in [1.29, 1.82) is 0 Å². The highest BCUT2D eigenvalue weighted by atomic mass is 16.5. The summed E-state index contributed by atoms with van der Waals surface area (Å²) < 4.78 is 9.36. The van der Waals surface area contributed by atoms with Crippen LogP contribution in [0.4, 0.5) is 5.69 Å². The molecular weight excluding hydrogens is 428 g/mol. The lowest BCUT2D eigenvalue weighted by atomic mass is 10.1. The molecule has 170 valence electrons. The summed E-state index contributed by atoms with van der Waals surface area (Å²) in [6, 6.07) is 14.2. The van der Waals surface area contributed by atoms with Crippen LogP contribution in [-0.2, 0) is 11.8 Å². The Morgan fingerprint density at radius 1 is 0.941 bits per heavy atom. The number of pyridine rings is 1. The van der Waals surface area contributed by atoms with Crippen molar-refractivity contribution in [2.24, 2.45) is 7.05 Å². The fourth-order valence-electron chi connectivity index (χ4n) is 4.31. The predicted molar refractivity (Wildman–Crippen MR) is 130 cm³/mol. The average molecular weight is 453 g/mol. The van der Waals surface area contributed by atoms with Gasteiger partial charge in [-0.1, -0.05) is 23.8 Å². The zero-order valence-corrected chi connectivity index (χ0v) is 19.1. The third-order valence-electron chi connectivity index (χ3n) is 6.05. The van der Waals surface area contributed by atoms with Crippen molar-refractivity contribution >= 4 is 16.9 Å². The van der Waals surface area contributed by atoms with E-state index in [1.807, 2.05) is 34.6 Å². The molecule has 5 aromatic rings. The van der Waals surface area contributed by atoms with Gasteiger partial charge in [0.05, 0.1) is 24.6 Å². The molecule has 1 saturated heterocycles. The molecule has 0 spiro atoms. The normalized spacial score (nSPS) is 14.1. The monoisotopic (exact) mass is 452 g/mol. The Bertz CT molecular complexity index is 1470. The lowest BCUT2D eigenvalue weighted by Crippen LogP contribution is -2.36. The van der Waals surface area contributed by atoms with Crippen LogP contribution in [0, 0.1) is 6.92 Å². The maximum absolute atomic E-state index is 5.59. The summed E-state index contributed by atoms with van der Waals surface area (Å²) in [5, 5.41) is 4.84. The van der Waals surface area contributed by atoms with Gasteiger partial charge >= 0.3 is 0 Å². The Balaban J connectivity index is 1.51. The number of hydrogen-bond acceptors (Lipinski definition) is 7. The predicted octanol–water partition coefficient (Wildman–Crippen LogP) is 3.42. The molecule has 0 atom stereocenters. The number of nitrogens with zero attached hydrogens (tertiary/aromatic N) is 8. The van der Waals surface area contributed by atoms with Crippen molar-refractivity contribution in [1.82, 2.24) is 34.3 Å². The standard InChI is InChI=1S/C25H24N8O/c1-17-5-3-6-18(15-17)19-7-10-33(30-19)21-16-20(32-11-13-34-14-12-32)22-24(28-21)31(2)25(29-22)23-26-8-4-9-27-23/h3-10,15-16H,11-14H2,1-2H3. The number of hydrogen-bond donors (Lipinski definition) is 0. The lowest BCUT2D eigenvalue weighted by Gasteiger charge is -2.29.